The number of hydrogen-bond donors (Lipinski definition) is 6. The third kappa shape index (κ3) is 46.7. The van der Waals surface area contributed by atoms with Gasteiger partial charge in [-0.15, -0.1) is 0 Å². The van der Waals surface area contributed by atoms with E-state index in [0.29, 0.717) is 6.42 Å². The Labute approximate surface area is 476 Å². The van der Waals surface area contributed by atoms with Crippen molar-refractivity contribution in [2.75, 3.05) is 13.2 Å². The molecule has 77 heavy (non-hydrogen) atoms. The average molecular weight is 1090 g/mol. The smallest absolute Gasteiger partial charge is 0.220 e. The lowest BCUT2D eigenvalue weighted by Gasteiger charge is -2.40. The fourth-order valence-corrected chi connectivity index (χ4v) is 10.9. The Morgan fingerprint density at radius 1 is 0.429 bits per heavy atom. The van der Waals surface area contributed by atoms with Crippen molar-refractivity contribution in [1.82, 2.24) is 5.32 Å². The molecule has 0 radical (unpaired) electrons. The van der Waals surface area contributed by atoms with Gasteiger partial charge >= 0.3 is 0 Å². The van der Waals surface area contributed by atoms with Gasteiger partial charge < -0.3 is 40.3 Å². The van der Waals surface area contributed by atoms with Gasteiger partial charge in [0.2, 0.25) is 5.91 Å². The van der Waals surface area contributed by atoms with Crippen molar-refractivity contribution < 1.29 is 39.8 Å². The van der Waals surface area contributed by atoms with Crippen molar-refractivity contribution >= 4 is 5.91 Å². The number of rotatable bonds is 59. The molecule has 0 aliphatic carbocycles. The minimum absolute atomic E-state index is 0.184. The van der Waals surface area contributed by atoms with Crippen LogP contribution < -0.4 is 5.32 Å². The summed E-state index contributed by atoms with van der Waals surface area (Å²) in [5.74, 6) is -0.184. The Bertz CT molecular complexity index is 1310. The summed E-state index contributed by atoms with van der Waals surface area (Å²) < 4.78 is 11.3. The van der Waals surface area contributed by atoms with E-state index in [-0.39, 0.29) is 12.5 Å². The zero-order chi connectivity index (χ0) is 55.8. The Balaban J connectivity index is 2.16. The Hall–Kier alpha value is -1.59. The number of allylic oxidation sites excluding steroid dienone is 5. The highest BCUT2D eigenvalue weighted by Crippen LogP contribution is 2.23. The van der Waals surface area contributed by atoms with Crippen molar-refractivity contribution in [2.24, 2.45) is 0 Å². The second-order valence-corrected chi connectivity index (χ2v) is 23.6. The van der Waals surface area contributed by atoms with E-state index < -0.39 is 49.5 Å². The van der Waals surface area contributed by atoms with E-state index in [2.05, 4.69) is 43.5 Å². The van der Waals surface area contributed by atoms with Gasteiger partial charge in [-0.25, -0.2) is 0 Å². The maximum absolute atomic E-state index is 13.1. The maximum atomic E-state index is 13.1. The van der Waals surface area contributed by atoms with Crippen LogP contribution in [-0.4, -0.2) is 87.5 Å². The van der Waals surface area contributed by atoms with Crippen LogP contribution in [0, 0.1) is 0 Å². The highest BCUT2D eigenvalue weighted by Gasteiger charge is 2.44. The number of carbonyl (C=O) groups excluding carboxylic acids is 1. The molecule has 6 N–H and O–H groups in total. The van der Waals surface area contributed by atoms with Crippen LogP contribution in [0.4, 0.5) is 0 Å². The molecule has 0 aromatic heterocycles. The number of carbonyl (C=O) groups is 1. The molecule has 7 unspecified atom stereocenters. The van der Waals surface area contributed by atoms with Gasteiger partial charge in [0.05, 0.1) is 25.4 Å². The van der Waals surface area contributed by atoms with E-state index in [4.69, 9.17) is 9.47 Å². The molecule has 1 fully saturated rings. The highest BCUT2D eigenvalue weighted by molar-refractivity contribution is 5.76. The van der Waals surface area contributed by atoms with Gasteiger partial charge in [0.25, 0.3) is 0 Å². The Morgan fingerprint density at radius 2 is 0.740 bits per heavy atom. The van der Waals surface area contributed by atoms with Gasteiger partial charge in [-0.3, -0.25) is 4.79 Å². The lowest BCUT2D eigenvalue weighted by atomic mass is 9.99. The molecule has 9 nitrogen and oxygen atoms in total. The zero-order valence-electron chi connectivity index (χ0n) is 50.7. The van der Waals surface area contributed by atoms with Gasteiger partial charge in [0.15, 0.2) is 6.29 Å². The summed E-state index contributed by atoms with van der Waals surface area (Å²) in [4.78, 5) is 13.1. The monoisotopic (exact) mass is 1090 g/mol. The summed E-state index contributed by atoms with van der Waals surface area (Å²) in [7, 11) is 0. The zero-order valence-corrected chi connectivity index (χ0v) is 50.7. The maximum Gasteiger partial charge on any atom is 0.220 e. The highest BCUT2D eigenvalue weighted by atomic mass is 16.7. The van der Waals surface area contributed by atoms with Crippen LogP contribution in [0.25, 0.3) is 0 Å². The molecule has 0 aromatic rings. The van der Waals surface area contributed by atoms with Gasteiger partial charge in [-0.05, 0) is 44.9 Å². The summed E-state index contributed by atoms with van der Waals surface area (Å²) in [6, 6.07) is -0.827. The number of ether oxygens (including phenoxy) is 2. The SMILES string of the molecule is CCCCCCCCCCCCCCCCCCCCCCCCC/C=C/CC/C=C/CC/C=C/C(O)C(COC1OC(CO)C(O)C(O)C1O)NC(=O)CCCCCCCCCCCCCCCCCCCCCCC. The average Bonchev–Trinajstić information content (AvgIpc) is 3.43. The number of unbranched alkanes of at least 4 members (excludes halogenated alkanes) is 45. The van der Waals surface area contributed by atoms with Crippen molar-refractivity contribution in [3.8, 4) is 0 Å². The Morgan fingerprint density at radius 3 is 1.09 bits per heavy atom. The third-order valence-electron chi connectivity index (χ3n) is 16.2. The molecule has 1 rings (SSSR count). The third-order valence-corrected chi connectivity index (χ3v) is 16.2. The number of hydrogen-bond acceptors (Lipinski definition) is 8. The molecule has 0 aromatic carbocycles. The fraction of sp³-hybridized carbons (Fsp3) is 0.897. The molecular weight excluding hydrogens is 959 g/mol. The standard InChI is InChI=1S/C68H129NO8/c1-3-5-7-9-11-13-15-17-19-21-23-25-26-27-28-29-30-31-32-33-34-35-36-38-39-41-43-45-47-49-51-53-55-57-62(71)61(60-76-68-67(75)66(74)65(73)63(59-70)77-68)69-64(72)58-56-54-52-50-48-46-44-42-40-37-24-22-20-18-16-14-12-10-8-6-4-2/h39,41,47,49,55,57,61-63,65-68,70-71,73-75H,3-38,40,42-46,48,50-54,56,58-60H2,1-2H3,(H,69,72)/b41-39+,49-47+,57-55+. The molecule has 0 spiro atoms. The summed E-state index contributed by atoms with van der Waals surface area (Å²) in [6.45, 7) is 3.81. The van der Waals surface area contributed by atoms with Gasteiger partial charge in [-0.1, -0.05) is 320 Å². The normalized spacial score (nSPS) is 18.9. The van der Waals surface area contributed by atoms with E-state index in [9.17, 15) is 30.3 Å². The summed E-state index contributed by atoms with van der Waals surface area (Å²) >= 11 is 0. The van der Waals surface area contributed by atoms with E-state index in [1.54, 1.807) is 6.08 Å². The van der Waals surface area contributed by atoms with Crippen LogP contribution in [0.15, 0.2) is 36.5 Å². The summed E-state index contributed by atoms with van der Waals surface area (Å²) in [5, 5.41) is 54.6. The molecule has 7 atom stereocenters. The van der Waals surface area contributed by atoms with E-state index >= 15 is 0 Å². The van der Waals surface area contributed by atoms with Crippen molar-refractivity contribution in [1.29, 1.82) is 0 Å². The largest absolute Gasteiger partial charge is 0.394 e. The van der Waals surface area contributed by atoms with Crippen molar-refractivity contribution in [3.05, 3.63) is 36.5 Å². The minimum Gasteiger partial charge on any atom is -0.394 e. The van der Waals surface area contributed by atoms with E-state index in [1.807, 2.05) is 6.08 Å². The minimum atomic E-state index is -1.57. The quantitative estimate of drug-likeness (QED) is 0.0261. The lowest BCUT2D eigenvalue weighted by Crippen LogP contribution is -2.60. The molecule has 454 valence electrons. The molecule has 0 bridgehead atoms. The van der Waals surface area contributed by atoms with Crippen molar-refractivity contribution in [2.45, 2.75) is 378 Å². The van der Waals surface area contributed by atoms with Crippen LogP contribution in [-0.2, 0) is 14.3 Å². The molecule has 1 aliphatic rings. The molecule has 9 heteroatoms. The van der Waals surface area contributed by atoms with Crippen LogP contribution in [0.1, 0.15) is 335 Å². The molecule has 1 heterocycles. The molecule has 0 saturated carbocycles. The predicted octanol–water partition coefficient (Wildman–Crippen LogP) is 17.9. The molecular formula is C68H129NO8. The number of aliphatic hydroxyl groups is 5. The molecule has 1 aliphatic heterocycles. The van der Waals surface area contributed by atoms with Gasteiger partial charge in [0, 0.05) is 6.42 Å². The first kappa shape index (κ1) is 73.4. The first-order chi connectivity index (χ1) is 37.8. The second-order valence-electron chi connectivity index (χ2n) is 23.6. The van der Waals surface area contributed by atoms with Crippen LogP contribution in [0.2, 0.25) is 0 Å². The van der Waals surface area contributed by atoms with Gasteiger partial charge in [0.1, 0.15) is 24.4 Å². The van der Waals surface area contributed by atoms with Crippen molar-refractivity contribution in [3.63, 3.8) is 0 Å². The first-order valence-electron chi connectivity index (χ1n) is 33.7. The second kappa shape index (κ2) is 57.6. The van der Waals surface area contributed by atoms with E-state index in [1.165, 1.54) is 270 Å². The summed E-state index contributed by atoms with van der Waals surface area (Å²) in [5.41, 5.74) is 0. The number of aliphatic hydroxyl groups excluding tert-OH is 5. The summed E-state index contributed by atoms with van der Waals surface area (Å²) in [6.07, 6.45) is 69.7. The lowest BCUT2D eigenvalue weighted by molar-refractivity contribution is -0.302. The number of amides is 1. The van der Waals surface area contributed by atoms with Gasteiger partial charge in [-0.2, -0.15) is 0 Å². The van der Waals surface area contributed by atoms with E-state index in [0.717, 1.165) is 44.9 Å². The Kier molecular flexibility index (Phi) is 55.0. The van der Waals surface area contributed by atoms with Crippen LogP contribution in [0.5, 0.6) is 0 Å². The predicted molar refractivity (Wildman–Crippen MR) is 327 cm³/mol. The van der Waals surface area contributed by atoms with Crippen LogP contribution >= 0.6 is 0 Å². The molecule has 1 saturated heterocycles. The van der Waals surface area contributed by atoms with Crippen LogP contribution in [0.3, 0.4) is 0 Å². The molecule has 1 amide bonds. The fourth-order valence-electron chi connectivity index (χ4n) is 10.9. The topological polar surface area (TPSA) is 149 Å². The number of nitrogens with one attached hydrogen (secondary N) is 1. The first-order valence-corrected chi connectivity index (χ1v) is 33.7.